The van der Waals surface area contributed by atoms with Gasteiger partial charge in [-0.05, 0) is 55.1 Å². The number of aliphatic carboxylic acids is 1. The molecule has 0 aromatic heterocycles. The van der Waals surface area contributed by atoms with Crippen LogP contribution in [-0.2, 0) is 27.9 Å². The lowest BCUT2D eigenvalue weighted by Crippen LogP contribution is -2.31. The Morgan fingerprint density at radius 3 is 2.14 bits per heavy atom. The number of nitrogens with zero attached hydrogens (tertiary/aromatic N) is 2. The molecular weight excluding hydrogens is 485 g/mol. The number of ether oxygens (including phenoxy) is 1. The van der Waals surface area contributed by atoms with E-state index in [-0.39, 0.29) is 11.2 Å². The second kappa shape index (κ2) is 11.4. The van der Waals surface area contributed by atoms with E-state index in [1.165, 1.54) is 5.56 Å². The summed E-state index contributed by atoms with van der Waals surface area (Å²) in [7, 11) is -1.61. The largest absolute Gasteiger partial charge is 0.497 e. The van der Waals surface area contributed by atoms with Gasteiger partial charge in [0.1, 0.15) is 5.75 Å². The van der Waals surface area contributed by atoms with Gasteiger partial charge >= 0.3 is 12.1 Å². The third-order valence-electron chi connectivity index (χ3n) is 6.26. The van der Waals surface area contributed by atoms with E-state index in [2.05, 4.69) is 29.2 Å². The van der Waals surface area contributed by atoms with E-state index in [1.807, 2.05) is 30.3 Å². The first-order chi connectivity index (χ1) is 16.5. The highest BCUT2D eigenvalue weighted by Gasteiger charge is 2.46. The molecule has 0 amide bonds. The monoisotopic (exact) mass is 514 g/mol. The molecule has 1 N–H and O–H groups in total. The predicted octanol–water partition coefficient (Wildman–Crippen LogP) is 3.75. The quantitative estimate of drug-likeness (QED) is 0.654. The van der Waals surface area contributed by atoms with Crippen molar-refractivity contribution in [2.24, 2.45) is 5.92 Å². The van der Waals surface area contributed by atoms with Gasteiger partial charge < -0.3 is 9.84 Å². The fraction of sp³-hybridized carbons (Fsp3) is 0.458. The van der Waals surface area contributed by atoms with Crippen molar-refractivity contribution in [3.05, 3.63) is 65.7 Å². The Bertz CT molecular complexity index is 1080. The number of sulfonamides is 1. The van der Waals surface area contributed by atoms with E-state index in [4.69, 9.17) is 14.6 Å². The zero-order chi connectivity index (χ0) is 25.6. The maximum atomic E-state index is 13.2. The smallest absolute Gasteiger partial charge is 0.490 e. The van der Waals surface area contributed by atoms with E-state index in [9.17, 15) is 21.6 Å². The number of hydrogen-bond donors (Lipinski definition) is 1. The van der Waals surface area contributed by atoms with Crippen molar-refractivity contribution < 1.29 is 36.2 Å². The second-order valence-corrected chi connectivity index (χ2v) is 10.8. The number of hydrogen-bond acceptors (Lipinski definition) is 5. The molecule has 192 valence electrons. The van der Waals surface area contributed by atoms with Gasteiger partial charge in [0.05, 0.1) is 12.4 Å². The Morgan fingerprint density at radius 1 is 1.00 bits per heavy atom. The lowest BCUT2D eigenvalue weighted by Gasteiger charge is -2.22. The number of rotatable bonds is 5. The molecule has 0 radical (unpaired) electrons. The summed E-state index contributed by atoms with van der Waals surface area (Å²) in [5.74, 6) is -1.74. The molecule has 2 aliphatic rings. The molecular formula is C24H29F3N2O5S. The highest BCUT2D eigenvalue weighted by atomic mass is 32.2. The number of alkyl halides is 3. The molecule has 35 heavy (non-hydrogen) atoms. The maximum Gasteiger partial charge on any atom is 0.490 e. The molecule has 7 nitrogen and oxygen atoms in total. The Labute approximate surface area is 203 Å². The van der Waals surface area contributed by atoms with Crippen LogP contribution in [0, 0.1) is 5.92 Å². The maximum absolute atomic E-state index is 13.2. The number of carboxylic acids is 1. The molecule has 0 unspecified atom stereocenters. The Kier molecular flexibility index (Phi) is 8.79. The molecule has 2 heterocycles. The van der Waals surface area contributed by atoms with Crippen LogP contribution in [0.3, 0.4) is 0 Å². The number of carbonyl (C=O) groups is 1. The van der Waals surface area contributed by atoms with E-state index < -0.39 is 22.2 Å². The average molecular weight is 515 g/mol. The van der Waals surface area contributed by atoms with Crippen LogP contribution in [0.4, 0.5) is 13.2 Å². The van der Waals surface area contributed by atoms with E-state index >= 15 is 0 Å². The van der Waals surface area contributed by atoms with Gasteiger partial charge in [-0.15, -0.1) is 0 Å². The van der Waals surface area contributed by atoms with Gasteiger partial charge in [0.15, 0.2) is 0 Å². The highest BCUT2D eigenvalue weighted by molar-refractivity contribution is 7.90. The van der Waals surface area contributed by atoms with Gasteiger partial charge in [0.25, 0.3) is 0 Å². The van der Waals surface area contributed by atoms with Crippen LogP contribution in [0.2, 0.25) is 0 Å². The first-order valence-corrected chi connectivity index (χ1v) is 12.7. The average Bonchev–Trinajstić information content (AvgIpc) is 2.93. The summed E-state index contributed by atoms with van der Waals surface area (Å²) in [4.78, 5) is 11.3. The predicted molar refractivity (Wildman–Crippen MR) is 124 cm³/mol. The van der Waals surface area contributed by atoms with Gasteiger partial charge in [0, 0.05) is 19.6 Å². The molecule has 4 rings (SSSR count). The summed E-state index contributed by atoms with van der Waals surface area (Å²) in [6.07, 6.45) is -3.42. The third-order valence-corrected chi connectivity index (χ3v) is 8.65. The van der Waals surface area contributed by atoms with Crippen molar-refractivity contribution in [2.45, 2.75) is 37.4 Å². The summed E-state index contributed by atoms with van der Waals surface area (Å²) in [6, 6.07) is 18.1. The van der Waals surface area contributed by atoms with Crippen LogP contribution in [0.5, 0.6) is 5.75 Å². The fourth-order valence-corrected chi connectivity index (χ4v) is 6.66. The molecule has 2 saturated heterocycles. The number of halogens is 3. The standard InChI is InChI=1S/C22H28N2O3S.C2HF3O2/c1-27-21-9-7-19(8-10-21)16-24-17-20-11-13-23(14-12-22(20)28(24,25)26)15-18-5-3-2-4-6-18;3-2(4,5)1(6)7/h2-10,20,22H,11-17H2,1H3;(H,6,7)/t20-,22-;/m1./s1. The molecule has 0 aliphatic carbocycles. The molecule has 0 spiro atoms. The van der Waals surface area contributed by atoms with Gasteiger partial charge in [-0.1, -0.05) is 42.5 Å². The summed E-state index contributed by atoms with van der Waals surface area (Å²) in [6.45, 7) is 3.79. The van der Waals surface area contributed by atoms with Gasteiger partial charge in [0.2, 0.25) is 10.0 Å². The fourth-order valence-electron chi connectivity index (χ4n) is 4.44. The van der Waals surface area contributed by atoms with Crippen LogP contribution < -0.4 is 4.74 Å². The minimum absolute atomic E-state index is 0.226. The summed E-state index contributed by atoms with van der Waals surface area (Å²) < 4.78 is 64.9. The zero-order valence-electron chi connectivity index (χ0n) is 19.3. The summed E-state index contributed by atoms with van der Waals surface area (Å²) in [5.41, 5.74) is 2.30. The minimum atomic E-state index is -5.08. The normalized spacial score (nSPS) is 22.4. The summed E-state index contributed by atoms with van der Waals surface area (Å²) in [5, 5.41) is 6.88. The van der Waals surface area contributed by atoms with Crippen molar-refractivity contribution >= 4 is 16.0 Å². The molecule has 2 atom stereocenters. The van der Waals surface area contributed by atoms with E-state index in [1.54, 1.807) is 11.4 Å². The summed E-state index contributed by atoms with van der Waals surface area (Å²) >= 11 is 0. The van der Waals surface area contributed by atoms with Crippen molar-refractivity contribution in [1.82, 2.24) is 9.21 Å². The molecule has 0 bridgehead atoms. The molecule has 2 aromatic carbocycles. The van der Waals surface area contributed by atoms with Crippen LogP contribution in [0.1, 0.15) is 24.0 Å². The van der Waals surface area contributed by atoms with Crippen molar-refractivity contribution in [2.75, 3.05) is 26.7 Å². The molecule has 0 saturated carbocycles. The lowest BCUT2D eigenvalue weighted by atomic mass is 10.0. The number of methoxy groups -OCH3 is 1. The second-order valence-electron chi connectivity index (χ2n) is 8.63. The SMILES string of the molecule is COc1ccc(CN2C[C@H]3CCN(Cc4ccccc4)CC[C@H]3S2(=O)=O)cc1.O=C(O)C(F)(F)F. The first kappa shape index (κ1) is 27.0. The van der Waals surface area contributed by atoms with Gasteiger partial charge in [-0.25, -0.2) is 13.2 Å². The number of likely N-dealkylation sites (tertiary alicyclic amines) is 1. The minimum Gasteiger partial charge on any atom is -0.497 e. The lowest BCUT2D eigenvalue weighted by molar-refractivity contribution is -0.192. The van der Waals surface area contributed by atoms with Crippen molar-refractivity contribution in [3.8, 4) is 5.75 Å². The molecule has 2 aromatic rings. The third kappa shape index (κ3) is 7.18. The number of benzene rings is 2. The number of fused-ring (bicyclic) bond motifs is 1. The van der Waals surface area contributed by atoms with Crippen molar-refractivity contribution in [1.29, 1.82) is 0 Å². The molecule has 11 heteroatoms. The topological polar surface area (TPSA) is 87.2 Å². The van der Waals surface area contributed by atoms with Crippen LogP contribution in [-0.4, -0.2) is 66.9 Å². The van der Waals surface area contributed by atoms with Crippen LogP contribution >= 0.6 is 0 Å². The highest BCUT2D eigenvalue weighted by Crippen LogP contribution is 2.35. The molecule has 2 aliphatic heterocycles. The Balaban J connectivity index is 0.000000429. The molecule has 2 fully saturated rings. The van der Waals surface area contributed by atoms with E-state index in [0.717, 1.165) is 43.8 Å². The Morgan fingerprint density at radius 2 is 1.57 bits per heavy atom. The zero-order valence-corrected chi connectivity index (χ0v) is 20.1. The van der Waals surface area contributed by atoms with Crippen LogP contribution in [0.15, 0.2) is 54.6 Å². The first-order valence-electron chi connectivity index (χ1n) is 11.2. The van der Waals surface area contributed by atoms with Crippen LogP contribution in [0.25, 0.3) is 0 Å². The number of carboxylic acid groups (broad SMARTS) is 1. The van der Waals surface area contributed by atoms with Crippen molar-refractivity contribution in [3.63, 3.8) is 0 Å². The van der Waals surface area contributed by atoms with E-state index in [0.29, 0.717) is 13.1 Å². The Hall–Kier alpha value is -2.63. The van der Waals surface area contributed by atoms with Gasteiger partial charge in [-0.3, -0.25) is 4.90 Å². The van der Waals surface area contributed by atoms with Gasteiger partial charge in [-0.2, -0.15) is 17.5 Å².